The molecule has 5 aliphatic rings. The Hall–Kier alpha value is -3.70. The summed E-state index contributed by atoms with van der Waals surface area (Å²) in [6, 6.07) is 15.8. The molecule has 2 aromatic rings. The summed E-state index contributed by atoms with van der Waals surface area (Å²) in [5, 5.41) is 24.7. The maximum Gasteiger partial charge on any atom is 0.239 e. The fourth-order valence-corrected chi connectivity index (χ4v) is 10.1. The van der Waals surface area contributed by atoms with Gasteiger partial charge >= 0.3 is 0 Å². The van der Waals surface area contributed by atoms with Crippen LogP contribution in [0.5, 0.6) is 11.5 Å². The van der Waals surface area contributed by atoms with Crippen molar-refractivity contribution in [1.29, 1.82) is 0 Å². The Balaban J connectivity index is 1.34. The molecule has 2 aromatic carbocycles. The molecular formula is C47H65N3O7. The van der Waals surface area contributed by atoms with Gasteiger partial charge in [-0.25, -0.2) is 0 Å². The van der Waals surface area contributed by atoms with Crippen LogP contribution in [-0.2, 0) is 21.0 Å². The SMILES string of the molecule is C=CCOC12Oc3ccc(OCCN4CC4)cc3C3C(CCCCO)C(CCCCO)C=C(C(=NOCc4ccccc4)CC1N(C)C(=O)CCC1CCCC1)C32. The van der Waals surface area contributed by atoms with Gasteiger partial charge in [0.1, 0.15) is 30.8 Å². The van der Waals surface area contributed by atoms with Crippen molar-refractivity contribution in [3.8, 4) is 11.5 Å². The number of rotatable bonds is 22. The summed E-state index contributed by atoms with van der Waals surface area (Å²) in [6.07, 6.45) is 15.8. The fourth-order valence-electron chi connectivity index (χ4n) is 10.1. The van der Waals surface area contributed by atoms with E-state index in [9.17, 15) is 15.0 Å². The molecule has 10 heteroatoms. The minimum Gasteiger partial charge on any atom is -0.492 e. The summed E-state index contributed by atoms with van der Waals surface area (Å²) in [5.41, 5.74) is 3.97. The molecule has 0 radical (unpaired) electrons. The summed E-state index contributed by atoms with van der Waals surface area (Å²) in [7, 11) is 1.91. The van der Waals surface area contributed by atoms with Crippen LogP contribution in [0.3, 0.4) is 0 Å². The zero-order valence-corrected chi connectivity index (χ0v) is 34.1. The minimum absolute atomic E-state index is 0.0729. The molecule has 10 nitrogen and oxygen atoms in total. The topological polar surface area (TPSA) is 113 Å². The Morgan fingerprint density at radius 3 is 2.54 bits per heavy atom. The third kappa shape index (κ3) is 9.78. The molecule has 6 atom stereocenters. The Morgan fingerprint density at radius 1 is 1.04 bits per heavy atom. The number of ether oxygens (including phenoxy) is 3. The lowest BCUT2D eigenvalue weighted by atomic mass is 9.55. The number of aliphatic hydroxyl groups is 2. The van der Waals surface area contributed by atoms with Gasteiger partial charge in [-0.3, -0.25) is 9.69 Å². The summed E-state index contributed by atoms with van der Waals surface area (Å²) >= 11 is 0. The van der Waals surface area contributed by atoms with Crippen LogP contribution in [0.4, 0.5) is 0 Å². The molecule has 2 heterocycles. The number of carbonyl (C=O) groups is 1. The Morgan fingerprint density at radius 2 is 1.81 bits per heavy atom. The first-order valence-electron chi connectivity index (χ1n) is 21.8. The normalized spacial score (nSPS) is 27.2. The predicted molar refractivity (Wildman–Crippen MR) is 222 cm³/mol. The van der Waals surface area contributed by atoms with E-state index in [0.717, 1.165) is 98.5 Å². The van der Waals surface area contributed by atoms with Crippen molar-refractivity contribution < 1.29 is 34.1 Å². The number of fused-ring (bicyclic) bond motifs is 2. The van der Waals surface area contributed by atoms with Gasteiger partial charge in [-0.15, -0.1) is 6.58 Å². The largest absolute Gasteiger partial charge is 0.492 e. The molecule has 3 fully saturated rings. The van der Waals surface area contributed by atoms with E-state index in [4.69, 9.17) is 24.2 Å². The van der Waals surface area contributed by atoms with Gasteiger partial charge in [-0.1, -0.05) is 86.2 Å². The minimum atomic E-state index is -1.24. The summed E-state index contributed by atoms with van der Waals surface area (Å²) in [4.78, 5) is 24.8. The van der Waals surface area contributed by atoms with Crippen LogP contribution >= 0.6 is 0 Å². The molecule has 1 amide bonds. The first-order valence-corrected chi connectivity index (χ1v) is 21.8. The molecule has 310 valence electrons. The lowest BCUT2D eigenvalue weighted by Gasteiger charge is -2.59. The molecule has 7 rings (SSSR count). The third-order valence-corrected chi connectivity index (χ3v) is 13.2. The summed E-state index contributed by atoms with van der Waals surface area (Å²) < 4.78 is 20.8. The Kier molecular flexibility index (Phi) is 14.4. The standard InChI is InChI=1S/C47H65N3O7/c1-3-28-55-47-43(49(2)44(53)22-19-34-13-7-8-14-34)32-41(48-56-33-35-15-5-4-6-16-35)39-30-36(17-9-11-26-51)38(18-10-12-27-52)45(46(39)47)40-31-37(20-21-42(40)57-47)54-29-25-50-23-24-50/h3-6,15-16,20-21,30-31,34,36,38,43,45-46,51-52H,1,7-14,17-19,22-29,32-33H2,2H3. The van der Waals surface area contributed by atoms with Crippen LogP contribution in [0.15, 0.2) is 78.0 Å². The average Bonchev–Trinajstić information content (AvgIpc) is 3.91. The van der Waals surface area contributed by atoms with Crippen molar-refractivity contribution in [2.45, 2.75) is 108 Å². The van der Waals surface area contributed by atoms with Gasteiger partial charge in [-0.2, -0.15) is 0 Å². The molecule has 3 aliphatic carbocycles. The van der Waals surface area contributed by atoms with E-state index in [-0.39, 0.29) is 49.4 Å². The zero-order chi connectivity index (χ0) is 39.6. The monoisotopic (exact) mass is 783 g/mol. The van der Waals surface area contributed by atoms with Crippen molar-refractivity contribution in [3.63, 3.8) is 0 Å². The maximum absolute atomic E-state index is 14.4. The van der Waals surface area contributed by atoms with Crippen LogP contribution in [0.1, 0.15) is 101 Å². The van der Waals surface area contributed by atoms with Crippen LogP contribution in [-0.4, -0.2) is 96.6 Å². The number of hydrogen-bond donors (Lipinski definition) is 2. The van der Waals surface area contributed by atoms with Crippen molar-refractivity contribution in [3.05, 3.63) is 84.0 Å². The molecule has 0 aromatic heterocycles. The van der Waals surface area contributed by atoms with Gasteiger partial charge in [0.15, 0.2) is 0 Å². The Labute approximate surface area is 339 Å². The number of amides is 1. The van der Waals surface area contributed by atoms with Gasteiger partial charge in [-0.05, 0) is 79.2 Å². The number of allylic oxidation sites excluding steroid dienone is 1. The van der Waals surface area contributed by atoms with Crippen LogP contribution in [0.2, 0.25) is 0 Å². The molecular weight excluding hydrogens is 719 g/mol. The number of oxime groups is 1. The van der Waals surface area contributed by atoms with Crippen LogP contribution in [0.25, 0.3) is 0 Å². The maximum atomic E-state index is 14.4. The smallest absolute Gasteiger partial charge is 0.239 e. The second kappa shape index (κ2) is 19.8. The van der Waals surface area contributed by atoms with E-state index in [2.05, 4.69) is 23.6 Å². The van der Waals surface area contributed by atoms with Crippen molar-refractivity contribution >= 4 is 11.6 Å². The van der Waals surface area contributed by atoms with Crippen LogP contribution < -0.4 is 9.47 Å². The van der Waals surface area contributed by atoms with E-state index in [0.29, 0.717) is 32.0 Å². The lowest BCUT2D eigenvalue weighted by molar-refractivity contribution is -0.255. The highest BCUT2D eigenvalue weighted by atomic mass is 16.7. The van der Waals surface area contributed by atoms with Gasteiger partial charge < -0.3 is 34.2 Å². The quantitative estimate of drug-likeness (QED) is 0.0543. The van der Waals surface area contributed by atoms with E-state index >= 15 is 0 Å². The second-order valence-corrected chi connectivity index (χ2v) is 16.9. The highest BCUT2D eigenvalue weighted by molar-refractivity contribution is 6.03. The Bertz CT molecular complexity index is 1690. The van der Waals surface area contributed by atoms with Crippen molar-refractivity contribution in [2.24, 2.45) is 28.8 Å². The van der Waals surface area contributed by atoms with Gasteiger partial charge in [0.25, 0.3) is 0 Å². The van der Waals surface area contributed by atoms with E-state index in [1.54, 1.807) is 6.08 Å². The fraction of sp³-hybridized carbons (Fsp3) is 0.617. The number of benzene rings is 2. The zero-order valence-electron chi connectivity index (χ0n) is 34.1. The van der Waals surface area contributed by atoms with Crippen molar-refractivity contribution in [2.75, 3.05) is 53.1 Å². The average molecular weight is 784 g/mol. The first-order chi connectivity index (χ1) is 28.0. The van der Waals surface area contributed by atoms with E-state index < -0.39 is 11.8 Å². The lowest BCUT2D eigenvalue weighted by Crippen LogP contribution is -2.69. The molecule has 57 heavy (non-hydrogen) atoms. The van der Waals surface area contributed by atoms with Gasteiger partial charge in [0, 0.05) is 64.2 Å². The molecule has 2 N–H and O–H groups in total. The number of aliphatic hydroxyl groups excluding tert-OH is 2. The predicted octanol–water partition coefficient (Wildman–Crippen LogP) is 7.64. The second-order valence-electron chi connectivity index (χ2n) is 16.9. The summed E-state index contributed by atoms with van der Waals surface area (Å²) in [6.45, 7) is 8.67. The molecule has 0 spiro atoms. The number of hydrogen-bond acceptors (Lipinski definition) is 9. The molecule has 0 bridgehead atoms. The summed E-state index contributed by atoms with van der Waals surface area (Å²) in [5.74, 6) is 0.947. The highest BCUT2D eigenvalue weighted by Gasteiger charge is 2.65. The molecule has 1 saturated heterocycles. The van der Waals surface area contributed by atoms with E-state index in [1.807, 2.05) is 54.4 Å². The molecule has 2 aliphatic heterocycles. The number of likely N-dealkylation sites (N-methyl/N-ethyl adjacent to an activating group) is 1. The number of unbranched alkanes of at least 4 members (excludes halogenated alkanes) is 2. The number of carbonyl (C=O) groups excluding carboxylic acids is 1. The molecule has 6 unspecified atom stereocenters. The first kappa shape index (κ1) is 41.5. The van der Waals surface area contributed by atoms with Gasteiger partial charge in [0.05, 0.1) is 18.2 Å². The number of nitrogens with zero attached hydrogens (tertiary/aromatic N) is 3. The van der Waals surface area contributed by atoms with Gasteiger partial charge in [0.2, 0.25) is 11.7 Å². The molecule has 2 saturated carbocycles. The van der Waals surface area contributed by atoms with Crippen LogP contribution in [0, 0.1) is 23.7 Å². The van der Waals surface area contributed by atoms with Crippen molar-refractivity contribution in [1.82, 2.24) is 9.80 Å². The highest BCUT2D eigenvalue weighted by Crippen LogP contribution is 2.62. The third-order valence-electron chi connectivity index (χ3n) is 13.2. The van der Waals surface area contributed by atoms with E-state index in [1.165, 1.54) is 25.7 Å².